The number of thioether (sulfide) groups is 1. The van der Waals surface area contributed by atoms with Crippen LogP contribution in [0, 0.1) is 0 Å². The van der Waals surface area contributed by atoms with Crippen molar-refractivity contribution >= 4 is 47.6 Å². The predicted molar refractivity (Wildman–Crippen MR) is 134 cm³/mol. The maximum absolute atomic E-state index is 12.0. The Bertz CT molecular complexity index is 621. The second-order valence-electron chi connectivity index (χ2n) is 7.42. The first kappa shape index (κ1) is 26.0. The summed E-state index contributed by atoms with van der Waals surface area (Å²) in [6, 6.07) is 10.7. The van der Waals surface area contributed by atoms with E-state index in [1.807, 2.05) is 31.7 Å². The van der Waals surface area contributed by atoms with Gasteiger partial charge in [-0.05, 0) is 32.9 Å². The average molecular weight is 534 g/mol. The lowest BCUT2D eigenvalue weighted by molar-refractivity contribution is -0.123. The fourth-order valence-electron chi connectivity index (χ4n) is 3.10. The zero-order chi connectivity index (χ0) is 20.4. The first-order valence-corrected chi connectivity index (χ1v) is 11.1. The van der Waals surface area contributed by atoms with Crippen molar-refractivity contribution in [1.29, 1.82) is 0 Å². The summed E-state index contributed by atoms with van der Waals surface area (Å²) in [6.45, 7) is 14.0. The molecule has 1 amide bonds. The van der Waals surface area contributed by atoms with Gasteiger partial charge >= 0.3 is 0 Å². The van der Waals surface area contributed by atoms with E-state index in [1.165, 1.54) is 4.90 Å². The topological polar surface area (TPSA) is 60.0 Å². The van der Waals surface area contributed by atoms with E-state index in [9.17, 15) is 4.79 Å². The zero-order valence-electron chi connectivity index (χ0n) is 18.1. The smallest absolute Gasteiger partial charge is 0.234 e. The molecule has 2 rings (SSSR count). The maximum Gasteiger partial charge on any atom is 0.234 e. The number of carbonyl (C=O) groups is 1. The first-order valence-electron chi connectivity index (χ1n) is 10.2. The van der Waals surface area contributed by atoms with Crippen LogP contribution in [0.25, 0.3) is 0 Å². The summed E-state index contributed by atoms with van der Waals surface area (Å²) in [5.74, 6) is 1.09. The van der Waals surface area contributed by atoms with Gasteiger partial charge in [-0.2, -0.15) is 0 Å². The molecular formula is C21H36IN5OS. The van der Waals surface area contributed by atoms with E-state index in [0.29, 0.717) is 11.8 Å². The van der Waals surface area contributed by atoms with E-state index in [1.54, 1.807) is 0 Å². The van der Waals surface area contributed by atoms with Crippen molar-refractivity contribution in [1.82, 2.24) is 20.4 Å². The van der Waals surface area contributed by atoms with Crippen molar-refractivity contribution in [2.75, 3.05) is 45.8 Å². The van der Waals surface area contributed by atoms with E-state index in [2.05, 4.69) is 58.5 Å². The minimum absolute atomic E-state index is 0. The maximum atomic E-state index is 12.0. The van der Waals surface area contributed by atoms with Crippen LogP contribution < -0.4 is 10.6 Å². The summed E-state index contributed by atoms with van der Waals surface area (Å²) in [5.41, 5.74) is 0. The predicted octanol–water partition coefficient (Wildman–Crippen LogP) is 2.89. The van der Waals surface area contributed by atoms with Gasteiger partial charge in [0, 0.05) is 48.9 Å². The Morgan fingerprint density at radius 1 is 1.14 bits per heavy atom. The fraction of sp³-hybridized carbons (Fsp3) is 0.619. The molecule has 1 aliphatic heterocycles. The van der Waals surface area contributed by atoms with Gasteiger partial charge in [0.25, 0.3) is 0 Å². The van der Waals surface area contributed by atoms with Crippen LogP contribution in [0.2, 0.25) is 0 Å². The average Bonchev–Trinajstić information content (AvgIpc) is 2.66. The Morgan fingerprint density at radius 3 is 2.38 bits per heavy atom. The molecule has 1 fully saturated rings. The molecule has 8 heteroatoms. The largest absolute Gasteiger partial charge is 0.357 e. The lowest BCUT2D eigenvalue weighted by atomic mass is 10.3. The molecule has 0 radical (unpaired) electrons. The third kappa shape index (κ3) is 10.0. The molecule has 6 nitrogen and oxygen atoms in total. The highest BCUT2D eigenvalue weighted by atomic mass is 127. The molecule has 0 aromatic heterocycles. The Kier molecular flexibility index (Phi) is 12.6. The Hall–Kier alpha value is -1.00. The lowest BCUT2D eigenvalue weighted by Crippen LogP contribution is -2.54. The van der Waals surface area contributed by atoms with Crippen LogP contribution >= 0.6 is 35.7 Å². The number of carbonyl (C=O) groups excluding carboxylic acids is 1. The van der Waals surface area contributed by atoms with Crippen molar-refractivity contribution in [3.63, 3.8) is 0 Å². The summed E-state index contributed by atoms with van der Waals surface area (Å²) in [6.07, 6.45) is 0. The fourth-order valence-corrected chi connectivity index (χ4v) is 4.03. The van der Waals surface area contributed by atoms with Crippen LogP contribution in [-0.2, 0) is 4.79 Å². The molecular weight excluding hydrogens is 497 g/mol. The van der Waals surface area contributed by atoms with Crippen LogP contribution in [0.15, 0.2) is 40.2 Å². The summed E-state index contributed by atoms with van der Waals surface area (Å²) in [4.78, 5) is 22.6. The molecule has 1 aromatic rings. The first-order chi connectivity index (χ1) is 13.5. The number of piperazine rings is 1. The van der Waals surface area contributed by atoms with E-state index in [0.717, 1.165) is 45.2 Å². The van der Waals surface area contributed by atoms with Gasteiger partial charge in [0.05, 0.1) is 13.1 Å². The van der Waals surface area contributed by atoms with Gasteiger partial charge in [0.2, 0.25) is 5.91 Å². The minimum atomic E-state index is 0. The quantitative estimate of drug-likeness (QED) is 0.233. The van der Waals surface area contributed by atoms with Crippen molar-refractivity contribution in [3.8, 4) is 0 Å². The normalized spacial score (nSPS) is 16.3. The molecule has 164 valence electrons. The number of nitrogens with one attached hydrogen (secondary N) is 2. The molecule has 1 atom stereocenters. The standard InChI is InChI=1S/C21H35N5OS.HI/c1-5-22-21(23-15-18(4)28-19-9-7-6-8-10-19)26-13-11-25(12-14-26)16-20(27)24-17(2)3;/h6-10,17-18H,5,11-16H2,1-4H3,(H,22,23)(H,24,27);1H. The van der Waals surface area contributed by atoms with Gasteiger partial charge in [-0.1, -0.05) is 25.1 Å². The number of benzene rings is 1. The molecule has 0 bridgehead atoms. The highest BCUT2D eigenvalue weighted by molar-refractivity contribution is 14.0. The second kappa shape index (κ2) is 14.1. The van der Waals surface area contributed by atoms with Gasteiger partial charge in [0.1, 0.15) is 0 Å². The van der Waals surface area contributed by atoms with Gasteiger partial charge in [0.15, 0.2) is 5.96 Å². The van der Waals surface area contributed by atoms with Crippen molar-refractivity contribution < 1.29 is 4.79 Å². The lowest BCUT2D eigenvalue weighted by Gasteiger charge is -2.36. The van der Waals surface area contributed by atoms with E-state index in [-0.39, 0.29) is 35.9 Å². The monoisotopic (exact) mass is 533 g/mol. The zero-order valence-corrected chi connectivity index (χ0v) is 21.2. The van der Waals surface area contributed by atoms with E-state index in [4.69, 9.17) is 4.99 Å². The van der Waals surface area contributed by atoms with E-state index < -0.39 is 0 Å². The van der Waals surface area contributed by atoms with Crippen LogP contribution in [0.5, 0.6) is 0 Å². The molecule has 29 heavy (non-hydrogen) atoms. The summed E-state index contributed by atoms with van der Waals surface area (Å²) in [5, 5.41) is 6.80. The van der Waals surface area contributed by atoms with Gasteiger partial charge < -0.3 is 15.5 Å². The van der Waals surface area contributed by atoms with Gasteiger partial charge in [-0.25, -0.2) is 0 Å². The number of amides is 1. The Balaban J connectivity index is 0.00000420. The summed E-state index contributed by atoms with van der Waals surface area (Å²) >= 11 is 1.86. The molecule has 0 aliphatic carbocycles. The molecule has 1 unspecified atom stereocenters. The molecule has 2 N–H and O–H groups in total. The highest BCUT2D eigenvalue weighted by Gasteiger charge is 2.21. The molecule has 1 aliphatic rings. The SMILES string of the molecule is CCNC(=NCC(C)Sc1ccccc1)N1CCN(CC(=O)NC(C)C)CC1.I. The van der Waals surface area contributed by atoms with Crippen molar-refractivity contribution in [2.45, 2.75) is 43.9 Å². The Morgan fingerprint density at radius 2 is 1.79 bits per heavy atom. The molecule has 0 spiro atoms. The number of nitrogens with zero attached hydrogens (tertiary/aromatic N) is 3. The van der Waals surface area contributed by atoms with Gasteiger partial charge in [-0.3, -0.25) is 14.7 Å². The second-order valence-corrected chi connectivity index (χ2v) is 8.93. The summed E-state index contributed by atoms with van der Waals surface area (Å²) < 4.78 is 0. The van der Waals surface area contributed by atoms with Crippen LogP contribution in [0.1, 0.15) is 27.7 Å². The third-order valence-electron chi connectivity index (χ3n) is 4.40. The van der Waals surface area contributed by atoms with E-state index >= 15 is 0 Å². The van der Waals surface area contributed by atoms with Gasteiger partial charge in [-0.15, -0.1) is 35.7 Å². The van der Waals surface area contributed by atoms with Crippen LogP contribution in [-0.4, -0.2) is 78.8 Å². The number of hydrogen-bond acceptors (Lipinski definition) is 4. The summed E-state index contributed by atoms with van der Waals surface area (Å²) in [7, 11) is 0. The number of hydrogen-bond donors (Lipinski definition) is 2. The van der Waals surface area contributed by atoms with Crippen molar-refractivity contribution in [2.24, 2.45) is 4.99 Å². The molecule has 1 aromatic carbocycles. The highest BCUT2D eigenvalue weighted by Crippen LogP contribution is 2.22. The van der Waals surface area contributed by atoms with Crippen LogP contribution in [0.3, 0.4) is 0 Å². The molecule has 1 heterocycles. The number of aliphatic imine (C=N–C) groups is 1. The molecule has 1 saturated heterocycles. The number of halogens is 1. The third-order valence-corrected chi connectivity index (χ3v) is 5.50. The van der Waals surface area contributed by atoms with Crippen molar-refractivity contribution in [3.05, 3.63) is 30.3 Å². The number of rotatable bonds is 8. The number of guanidine groups is 1. The Labute approximate surface area is 197 Å². The molecule has 0 saturated carbocycles. The minimum Gasteiger partial charge on any atom is -0.357 e. The van der Waals surface area contributed by atoms with Crippen LogP contribution in [0.4, 0.5) is 0 Å².